The normalized spacial score (nSPS) is 16.2. The summed E-state index contributed by atoms with van der Waals surface area (Å²) in [6.07, 6.45) is 1.85. The molecule has 138 valence electrons. The van der Waals surface area contributed by atoms with Gasteiger partial charge in [-0.3, -0.25) is 4.72 Å². The first-order valence-electron chi connectivity index (χ1n) is 8.19. The van der Waals surface area contributed by atoms with E-state index in [-0.39, 0.29) is 0 Å². The molecule has 0 atom stereocenters. The minimum Gasteiger partial charge on any atom is -0.381 e. The van der Waals surface area contributed by atoms with Crippen molar-refractivity contribution in [2.75, 3.05) is 17.9 Å². The van der Waals surface area contributed by atoms with Gasteiger partial charge in [-0.2, -0.15) is 0 Å². The van der Waals surface area contributed by atoms with E-state index in [1.807, 2.05) is 11.4 Å². The van der Waals surface area contributed by atoms with Crippen LogP contribution in [0.2, 0.25) is 5.02 Å². The summed E-state index contributed by atoms with van der Waals surface area (Å²) >= 11 is 8.61. The number of ether oxygens (including phenoxy) is 1. The van der Waals surface area contributed by atoms with Gasteiger partial charge in [0.1, 0.15) is 4.21 Å². The minimum absolute atomic E-state index is 0.303. The summed E-state index contributed by atoms with van der Waals surface area (Å²) in [7, 11) is -3.69. The average Bonchev–Trinajstić information content (AvgIpc) is 3.21. The molecule has 9 heteroatoms. The monoisotopic (exact) mass is 428 g/mol. The Labute approximate surface area is 165 Å². The Morgan fingerprint density at radius 3 is 2.85 bits per heavy atom. The van der Waals surface area contributed by atoms with Crippen molar-refractivity contribution in [2.45, 2.75) is 29.9 Å². The summed E-state index contributed by atoms with van der Waals surface area (Å²) in [4.78, 5) is 4.50. The predicted octanol–water partition coefficient (Wildman–Crippen LogP) is 5.01. The van der Waals surface area contributed by atoms with Gasteiger partial charge in [-0.25, -0.2) is 13.4 Å². The number of hydrogen-bond acceptors (Lipinski definition) is 6. The number of fused-ring (bicyclic) bond motifs is 1. The van der Waals surface area contributed by atoms with E-state index in [1.54, 1.807) is 19.1 Å². The number of nitrogens with one attached hydrogen (secondary N) is 1. The summed E-state index contributed by atoms with van der Waals surface area (Å²) in [6, 6.07) is 5.42. The molecule has 4 rings (SSSR count). The smallest absolute Gasteiger partial charge is 0.273 e. The Morgan fingerprint density at radius 2 is 2.08 bits per heavy atom. The fraction of sp³-hybridized carbons (Fsp3) is 0.353. The highest BCUT2D eigenvalue weighted by Crippen LogP contribution is 2.37. The second kappa shape index (κ2) is 7.09. The van der Waals surface area contributed by atoms with Gasteiger partial charge in [0.25, 0.3) is 10.0 Å². The van der Waals surface area contributed by atoms with Gasteiger partial charge < -0.3 is 4.74 Å². The largest absolute Gasteiger partial charge is 0.381 e. The van der Waals surface area contributed by atoms with Gasteiger partial charge >= 0.3 is 0 Å². The topological polar surface area (TPSA) is 68.3 Å². The summed E-state index contributed by atoms with van der Waals surface area (Å²) in [5.74, 6) is 0.339. The van der Waals surface area contributed by atoms with Crippen LogP contribution < -0.4 is 4.72 Å². The van der Waals surface area contributed by atoms with Crippen LogP contribution >= 0.6 is 34.3 Å². The molecular formula is C17H17ClN2O3S3. The molecule has 1 aliphatic heterocycles. The predicted molar refractivity (Wildman–Crippen MR) is 107 cm³/mol. The number of thiazole rings is 1. The van der Waals surface area contributed by atoms with Crippen LogP contribution in [0.5, 0.6) is 0 Å². The fourth-order valence-corrected chi connectivity index (χ4v) is 7.07. The second-order valence-corrected chi connectivity index (χ2v) is 10.4. The van der Waals surface area contributed by atoms with Crippen molar-refractivity contribution in [3.8, 4) is 0 Å². The van der Waals surface area contributed by atoms with Gasteiger partial charge in [0.05, 0.1) is 5.69 Å². The molecule has 1 saturated heterocycles. The third kappa shape index (κ3) is 3.48. The first-order chi connectivity index (χ1) is 12.4. The number of halogens is 1. The molecular weight excluding hydrogens is 412 g/mol. The maximum absolute atomic E-state index is 12.9. The number of sulfonamides is 1. The average molecular weight is 429 g/mol. The van der Waals surface area contributed by atoms with Crippen molar-refractivity contribution in [3.63, 3.8) is 0 Å². The molecule has 0 unspecified atom stereocenters. The molecule has 0 bridgehead atoms. The zero-order valence-electron chi connectivity index (χ0n) is 14.0. The van der Waals surface area contributed by atoms with Crippen molar-refractivity contribution in [1.29, 1.82) is 0 Å². The van der Waals surface area contributed by atoms with E-state index in [2.05, 4.69) is 9.71 Å². The molecule has 1 aromatic carbocycles. The van der Waals surface area contributed by atoms with E-state index in [9.17, 15) is 8.42 Å². The maximum atomic E-state index is 12.9. The molecule has 2 aromatic heterocycles. The summed E-state index contributed by atoms with van der Waals surface area (Å²) in [5, 5.41) is 3.80. The Bertz CT molecular complexity index is 1050. The van der Waals surface area contributed by atoms with Gasteiger partial charge in [-0.05, 0) is 48.9 Å². The van der Waals surface area contributed by atoms with E-state index >= 15 is 0 Å². The van der Waals surface area contributed by atoms with Crippen molar-refractivity contribution in [1.82, 2.24) is 4.98 Å². The molecule has 0 amide bonds. The zero-order valence-corrected chi connectivity index (χ0v) is 17.2. The van der Waals surface area contributed by atoms with Crippen LogP contribution in [0.25, 0.3) is 10.1 Å². The SMILES string of the molecule is Cc1c(S(=O)(=O)Nc2nc(C3CCOCC3)cs2)sc2ccc(Cl)cc12. The molecule has 3 heterocycles. The Hall–Kier alpha value is -1.19. The second-order valence-electron chi connectivity index (χ2n) is 6.22. The number of rotatable bonds is 4. The Morgan fingerprint density at radius 1 is 1.31 bits per heavy atom. The van der Waals surface area contributed by atoms with Gasteiger partial charge in [-0.1, -0.05) is 11.6 Å². The zero-order chi connectivity index (χ0) is 18.3. The molecule has 1 N–H and O–H groups in total. The highest BCUT2D eigenvalue weighted by atomic mass is 35.5. The number of aromatic nitrogens is 1. The van der Waals surface area contributed by atoms with Gasteiger partial charge in [0.2, 0.25) is 0 Å². The molecule has 0 aliphatic carbocycles. The Balaban J connectivity index is 1.61. The fourth-order valence-electron chi connectivity index (χ4n) is 3.10. The molecule has 5 nitrogen and oxygen atoms in total. The molecule has 26 heavy (non-hydrogen) atoms. The number of benzene rings is 1. The van der Waals surface area contributed by atoms with Crippen LogP contribution in [0.1, 0.15) is 30.0 Å². The number of hydrogen-bond donors (Lipinski definition) is 1. The standard InChI is InChI=1S/C17H17ClN2O3S3/c1-10-13-8-12(18)2-3-15(13)25-16(10)26(21,22)20-17-19-14(9-24-17)11-4-6-23-7-5-11/h2-3,8-9,11H,4-7H2,1H3,(H,19,20). The molecule has 0 spiro atoms. The third-order valence-electron chi connectivity index (χ3n) is 4.48. The summed E-state index contributed by atoms with van der Waals surface area (Å²) in [6.45, 7) is 3.26. The number of nitrogens with zero attached hydrogens (tertiary/aromatic N) is 1. The highest BCUT2D eigenvalue weighted by Gasteiger charge is 2.24. The van der Waals surface area contributed by atoms with Crippen LogP contribution in [-0.2, 0) is 14.8 Å². The quantitative estimate of drug-likeness (QED) is 0.633. The minimum atomic E-state index is -3.69. The lowest BCUT2D eigenvalue weighted by atomic mass is 9.98. The lowest BCUT2D eigenvalue weighted by Gasteiger charge is -2.19. The number of aryl methyl sites for hydroxylation is 1. The van der Waals surface area contributed by atoms with E-state index < -0.39 is 10.0 Å². The Kier molecular flexibility index (Phi) is 4.96. The van der Waals surface area contributed by atoms with Gasteiger partial charge in [-0.15, -0.1) is 22.7 Å². The highest BCUT2D eigenvalue weighted by molar-refractivity contribution is 7.95. The van der Waals surface area contributed by atoms with Crippen LogP contribution in [-0.4, -0.2) is 26.6 Å². The van der Waals surface area contributed by atoms with Crippen LogP contribution in [0.3, 0.4) is 0 Å². The number of anilines is 1. The maximum Gasteiger partial charge on any atom is 0.273 e. The molecule has 0 saturated carbocycles. The first-order valence-corrected chi connectivity index (χ1v) is 11.7. The van der Waals surface area contributed by atoms with Crippen LogP contribution in [0, 0.1) is 6.92 Å². The summed E-state index contributed by atoms with van der Waals surface area (Å²) < 4.78 is 35.0. The lowest BCUT2D eigenvalue weighted by Crippen LogP contribution is -2.15. The molecule has 0 radical (unpaired) electrons. The van der Waals surface area contributed by atoms with E-state index in [0.29, 0.717) is 25.8 Å². The van der Waals surface area contributed by atoms with Crippen molar-refractivity contribution in [3.05, 3.63) is 39.9 Å². The van der Waals surface area contributed by atoms with Crippen molar-refractivity contribution in [2.24, 2.45) is 0 Å². The van der Waals surface area contributed by atoms with E-state index in [0.717, 1.165) is 41.8 Å². The van der Waals surface area contributed by atoms with Crippen LogP contribution in [0.15, 0.2) is 27.8 Å². The first kappa shape index (κ1) is 18.2. The molecule has 1 aliphatic rings. The van der Waals surface area contributed by atoms with Crippen molar-refractivity contribution < 1.29 is 13.2 Å². The third-order valence-corrected chi connectivity index (χ3v) is 8.85. The molecule has 1 fully saturated rings. The van der Waals surface area contributed by atoms with Gasteiger partial charge in [0, 0.05) is 34.2 Å². The lowest BCUT2D eigenvalue weighted by molar-refractivity contribution is 0.0846. The summed E-state index contributed by atoms with van der Waals surface area (Å²) in [5.41, 5.74) is 1.65. The van der Waals surface area contributed by atoms with Gasteiger partial charge in [0.15, 0.2) is 5.13 Å². The molecule has 3 aromatic rings. The number of thiophene rings is 1. The van der Waals surface area contributed by atoms with E-state index in [4.69, 9.17) is 16.3 Å². The van der Waals surface area contributed by atoms with E-state index in [1.165, 1.54) is 22.7 Å². The van der Waals surface area contributed by atoms with Crippen molar-refractivity contribution >= 4 is 59.5 Å². The van der Waals surface area contributed by atoms with Crippen LogP contribution in [0.4, 0.5) is 5.13 Å².